The van der Waals surface area contributed by atoms with E-state index in [9.17, 15) is 4.39 Å². The van der Waals surface area contributed by atoms with E-state index in [1.807, 2.05) is 42.5 Å². The van der Waals surface area contributed by atoms with Crippen molar-refractivity contribution in [3.05, 3.63) is 66.0 Å². The third-order valence-electron chi connectivity index (χ3n) is 4.31. The van der Waals surface area contributed by atoms with Gasteiger partial charge in [-0.2, -0.15) is 4.98 Å². The predicted molar refractivity (Wildman–Crippen MR) is 105 cm³/mol. The van der Waals surface area contributed by atoms with Crippen molar-refractivity contribution in [2.24, 2.45) is 0 Å². The number of hydrogen-bond acceptors (Lipinski definition) is 4. The predicted octanol–water partition coefficient (Wildman–Crippen LogP) is 5.55. The summed E-state index contributed by atoms with van der Waals surface area (Å²) in [5.74, 6) is 0.931. The number of anilines is 3. The molecule has 2 N–H and O–H groups in total. The van der Waals surface area contributed by atoms with Gasteiger partial charge in [-0.3, -0.25) is 0 Å². The smallest absolute Gasteiger partial charge is 0.225 e. The molecule has 0 saturated carbocycles. The number of benzene rings is 2. The first kappa shape index (κ1) is 17.9. The van der Waals surface area contributed by atoms with E-state index in [1.165, 1.54) is 6.07 Å². The number of hydrogen-bond donors (Lipinski definition) is 2. The number of nitrogens with zero attached hydrogens (tertiary/aromatic N) is 2. The Balaban J connectivity index is 2.00. The summed E-state index contributed by atoms with van der Waals surface area (Å²) in [4.78, 5) is 9.19. The second-order valence-corrected chi connectivity index (χ2v) is 6.32. The quantitative estimate of drug-likeness (QED) is 0.612. The molecule has 5 heteroatoms. The van der Waals surface area contributed by atoms with Crippen LogP contribution in [0.4, 0.5) is 21.8 Å². The zero-order chi connectivity index (χ0) is 18.5. The highest BCUT2D eigenvalue weighted by atomic mass is 19.1. The van der Waals surface area contributed by atoms with Gasteiger partial charge in [0, 0.05) is 28.9 Å². The molecule has 0 amide bonds. The van der Waals surface area contributed by atoms with E-state index in [1.54, 1.807) is 13.0 Å². The Bertz CT molecular complexity index is 880. The van der Waals surface area contributed by atoms with Gasteiger partial charge in [0.25, 0.3) is 0 Å². The number of rotatable bonds is 6. The molecule has 0 unspecified atom stereocenters. The van der Waals surface area contributed by atoms with Gasteiger partial charge in [-0.05, 0) is 32.4 Å². The van der Waals surface area contributed by atoms with Gasteiger partial charge in [0.15, 0.2) is 0 Å². The molecule has 0 aliphatic carbocycles. The van der Waals surface area contributed by atoms with Crippen molar-refractivity contribution in [1.29, 1.82) is 0 Å². The molecule has 1 heterocycles. The molecular formula is C21H23FN4. The first-order valence-corrected chi connectivity index (χ1v) is 8.80. The summed E-state index contributed by atoms with van der Waals surface area (Å²) in [7, 11) is 0. The van der Waals surface area contributed by atoms with Crippen LogP contribution in [0, 0.1) is 12.7 Å². The third kappa shape index (κ3) is 4.17. The average Bonchev–Trinajstić information content (AvgIpc) is 2.66. The van der Waals surface area contributed by atoms with Gasteiger partial charge >= 0.3 is 0 Å². The average molecular weight is 350 g/mol. The molecule has 2 aromatic carbocycles. The Labute approximate surface area is 153 Å². The lowest BCUT2D eigenvalue weighted by molar-refractivity contribution is 0.619. The Morgan fingerprint density at radius 2 is 1.81 bits per heavy atom. The number of halogens is 1. The second-order valence-electron chi connectivity index (χ2n) is 6.32. The molecule has 134 valence electrons. The maximum absolute atomic E-state index is 13.8. The summed E-state index contributed by atoms with van der Waals surface area (Å²) in [5, 5.41) is 6.54. The van der Waals surface area contributed by atoms with Gasteiger partial charge in [-0.25, -0.2) is 9.37 Å². The fraction of sp³-hybridized carbons (Fsp3) is 0.238. The molecule has 0 aliphatic rings. The highest BCUT2D eigenvalue weighted by Crippen LogP contribution is 2.26. The minimum Gasteiger partial charge on any atom is -0.352 e. The van der Waals surface area contributed by atoms with E-state index in [4.69, 9.17) is 0 Å². The fourth-order valence-electron chi connectivity index (χ4n) is 2.54. The molecule has 0 radical (unpaired) electrons. The SMILES string of the molecule is CC[C@@H](C)Nc1nc(Nc2cccc(F)c2C)cc(-c2ccccc2)n1. The van der Waals surface area contributed by atoms with E-state index in [0.717, 1.165) is 17.7 Å². The van der Waals surface area contributed by atoms with Crippen molar-refractivity contribution in [1.82, 2.24) is 9.97 Å². The molecule has 0 bridgehead atoms. The van der Waals surface area contributed by atoms with Crippen LogP contribution in [0.1, 0.15) is 25.8 Å². The zero-order valence-electron chi connectivity index (χ0n) is 15.3. The first-order chi connectivity index (χ1) is 12.6. The van der Waals surface area contributed by atoms with Crippen molar-refractivity contribution in [3.8, 4) is 11.3 Å². The Morgan fingerprint density at radius 1 is 1.04 bits per heavy atom. The van der Waals surface area contributed by atoms with Crippen LogP contribution in [0.25, 0.3) is 11.3 Å². The Hall–Kier alpha value is -2.95. The summed E-state index contributed by atoms with van der Waals surface area (Å²) in [6.45, 7) is 5.94. The minimum absolute atomic E-state index is 0.245. The van der Waals surface area contributed by atoms with Crippen molar-refractivity contribution in [2.45, 2.75) is 33.2 Å². The second kappa shape index (κ2) is 7.95. The molecule has 3 aromatic rings. The molecule has 4 nitrogen and oxygen atoms in total. The zero-order valence-corrected chi connectivity index (χ0v) is 15.3. The van der Waals surface area contributed by atoms with E-state index < -0.39 is 0 Å². The van der Waals surface area contributed by atoms with E-state index >= 15 is 0 Å². The van der Waals surface area contributed by atoms with Gasteiger partial charge in [0.2, 0.25) is 5.95 Å². The van der Waals surface area contributed by atoms with E-state index in [0.29, 0.717) is 23.0 Å². The van der Waals surface area contributed by atoms with Crippen LogP contribution in [-0.2, 0) is 0 Å². The van der Waals surface area contributed by atoms with Crippen molar-refractivity contribution in [3.63, 3.8) is 0 Å². The van der Waals surface area contributed by atoms with Crippen molar-refractivity contribution in [2.75, 3.05) is 10.6 Å². The molecule has 0 saturated heterocycles. The molecule has 0 fully saturated rings. The molecule has 3 rings (SSSR count). The third-order valence-corrected chi connectivity index (χ3v) is 4.31. The topological polar surface area (TPSA) is 49.8 Å². The number of nitrogens with one attached hydrogen (secondary N) is 2. The van der Waals surface area contributed by atoms with E-state index in [-0.39, 0.29) is 11.9 Å². The standard InChI is InChI=1S/C21H23FN4/c1-4-14(2)23-21-25-19(16-9-6-5-7-10-16)13-20(26-21)24-18-12-8-11-17(22)15(18)3/h5-14H,4H2,1-3H3,(H2,23,24,25,26)/t14-/m1/s1. The van der Waals surface area contributed by atoms with Crippen LogP contribution in [-0.4, -0.2) is 16.0 Å². The first-order valence-electron chi connectivity index (χ1n) is 8.80. The molecule has 0 aliphatic heterocycles. The largest absolute Gasteiger partial charge is 0.352 e. The lowest BCUT2D eigenvalue weighted by Crippen LogP contribution is -2.16. The Kier molecular flexibility index (Phi) is 5.46. The normalized spacial score (nSPS) is 11.8. The lowest BCUT2D eigenvalue weighted by atomic mass is 10.1. The summed E-state index contributed by atoms with van der Waals surface area (Å²) in [6, 6.07) is 17.0. The van der Waals surface area contributed by atoms with Gasteiger partial charge in [-0.15, -0.1) is 0 Å². The summed E-state index contributed by atoms with van der Waals surface area (Å²) >= 11 is 0. The van der Waals surface area contributed by atoms with Gasteiger partial charge in [-0.1, -0.05) is 43.3 Å². The van der Waals surface area contributed by atoms with Gasteiger partial charge < -0.3 is 10.6 Å². The van der Waals surface area contributed by atoms with Crippen LogP contribution in [0.15, 0.2) is 54.6 Å². The molecule has 26 heavy (non-hydrogen) atoms. The summed E-state index contributed by atoms with van der Waals surface area (Å²) in [5.41, 5.74) is 3.06. The van der Waals surface area contributed by atoms with Gasteiger partial charge in [0.05, 0.1) is 5.69 Å². The van der Waals surface area contributed by atoms with Crippen LogP contribution in [0.5, 0.6) is 0 Å². The highest BCUT2D eigenvalue weighted by molar-refractivity contribution is 5.68. The maximum Gasteiger partial charge on any atom is 0.225 e. The minimum atomic E-state index is -0.245. The molecular weight excluding hydrogens is 327 g/mol. The van der Waals surface area contributed by atoms with Crippen LogP contribution in [0.2, 0.25) is 0 Å². The Morgan fingerprint density at radius 3 is 2.54 bits per heavy atom. The molecule has 1 aromatic heterocycles. The fourth-order valence-corrected chi connectivity index (χ4v) is 2.54. The van der Waals surface area contributed by atoms with Crippen LogP contribution in [0.3, 0.4) is 0 Å². The summed E-state index contributed by atoms with van der Waals surface area (Å²) in [6.07, 6.45) is 0.963. The van der Waals surface area contributed by atoms with Gasteiger partial charge in [0.1, 0.15) is 11.6 Å². The van der Waals surface area contributed by atoms with E-state index in [2.05, 4.69) is 34.4 Å². The lowest BCUT2D eigenvalue weighted by Gasteiger charge is -2.15. The molecule has 0 spiro atoms. The van der Waals surface area contributed by atoms with Crippen LogP contribution >= 0.6 is 0 Å². The maximum atomic E-state index is 13.8. The van der Waals surface area contributed by atoms with Crippen LogP contribution < -0.4 is 10.6 Å². The van der Waals surface area contributed by atoms with Crippen molar-refractivity contribution < 1.29 is 4.39 Å². The monoisotopic (exact) mass is 350 g/mol. The number of aromatic nitrogens is 2. The molecule has 1 atom stereocenters. The summed E-state index contributed by atoms with van der Waals surface area (Å²) < 4.78 is 13.8. The highest BCUT2D eigenvalue weighted by Gasteiger charge is 2.10. The van der Waals surface area contributed by atoms with Crippen molar-refractivity contribution >= 4 is 17.5 Å².